The van der Waals surface area contributed by atoms with E-state index in [0.29, 0.717) is 17.9 Å². The van der Waals surface area contributed by atoms with E-state index in [0.717, 1.165) is 12.1 Å². The highest BCUT2D eigenvalue weighted by Gasteiger charge is 2.34. The minimum absolute atomic E-state index is 0.0544. The SMILES string of the molecule is Cn1cc([C@H]2CNC[C@@H]2C(=O)Nc2ccc(-n3ccnc3)c(F)c2)cn1. The largest absolute Gasteiger partial charge is 0.326 e. The molecule has 2 aromatic heterocycles. The van der Waals surface area contributed by atoms with E-state index in [1.807, 2.05) is 13.2 Å². The van der Waals surface area contributed by atoms with Gasteiger partial charge in [-0.25, -0.2) is 9.37 Å². The van der Waals surface area contributed by atoms with Crippen molar-refractivity contribution in [1.29, 1.82) is 0 Å². The van der Waals surface area contributed by atoms with Gasteiger partial charge in [-0.3, -0.25) is 9.48 Å². The molecule has 2 N–H and O–H groups in total. The first-order valence-corrected chi connectivity index (χ1v) is 8.40. The molecule has 1 amide bonds. The molecule has 8 heteroatoms. The molecule has 0 aliphatic carbocycles. The van der Waals surface area contributed by atoms with Crippen LogP contribution in [-0.2, 0) is 11.8 Å². The molecule has 3 heterocycles. The van der Waals surface area contributed by atoms with Gasteiger partial charge in [-0.15, -0.1) is 0 Å². The molecule has 0 radical (unpaired) electrons. The summed E-state index contributed by atoms with van der Waals surface area (Å²) in [5.74, 6) is -0.720. The van der Waals surface area contributed by atoms with Gasteiger partial charge < -0.3 is 15.2 Å². The van der Waals surface area contributed by atoms with Gasteiger partial charge in [0.25, 0.3) is 0 Å². The number of hydrogen-bond donors (Lipinski definition) is 2. The Kier molecular flexibility index (Phi) is 4.26. The minimum Gasteiger partial charge on any atom is -0.326 e. The Morgan fingerprint density at radius 3 is 2.96 bits per heavy atom. The predicted octanol–water partition coefficient (Wildman–Crippen LogP) is 1.69. The Morgan fingerprint density at radius 1 is 1.38 bits per heavy atom. The van der Waals surface area contributed by atoms with Crippen LogP contribution in [0.4, 0.5) is 10.1 Å². The molecule has 1 saturated heterocycles. The molecule has 0 spiro atoms. The van der Waals surface area contributed by atoms with Crippen LogP contribution >= 0.6 is 0 Å². The third kappa shape index (κ3) is 3.11. The number of hydrogen-bond acceptors (Lipinski definition) is 4. The van der Waals surface area contributed by atoms with Crippen molar-refractivity contribution in [3.63, 3.8) is 0 Å². The van der Waals surface area contributed by atoms with Gasteiger partial charge in [-0.1, -0.05) is 0 Å². The highest BCUT2D eigenvalue weighted by atomic mass is 19.1. The van der Waals surface area contributed by atoms with Crippen LogP contribution in [0.2, 0.25) is 0 Å². The number of nitrogens with one attached hydrogen (secondary N) is 2. The number of nitrogens with zero attached hydrogens (tertiary/aromatic N) is 4. The van der Waals surface area contributed by atoms with Gasteiger partial charge in [-0.2, -0.15) is 5.10 Å². The summed E-state index contributed by atoms with van der Waals surface area (Å²) in [5.41, 5.74) is 1.85. The van der Waals surface area contributed by atoms with Crippen molar-refractivity contribution in [1.82, 2.24) is 24.6 Å². The van der Waals surface area contributed by atoms with Crippen LogP contribution in [0, 0.1) is 11.7 Å². The highest BCUT2D eigenvalue weighted by molar-refractivity contribution is 5.93. The van der Waals surface area contributed by atoms with E-state index in [1.54, 1.807) is 40.0 Å². The van der Waals surface area contributed by atoms with E-state index in [-0.39, 0.29) is 17.7 Å². The lowest BCUT2D eigenvalue weighted by Crippen LogP contribution is -2.28. The molecule has 4 rings (SSSR count). The summed E-state index contributed by atoms with van der Waals surface area (Å²) < 4.78 is 17.7. The van der Waals surface area contributed by atoms with Crippen LogP contribution in [0.1, 0.15) is 11.5 Å². The molecular formula is C18H19FN6O. The molecule has 134 valence electrons. The molecule has 2 atom stereocenters. The lowest BCUT2D eigenvalue weighted by Gasteiger charge is -2.17. The third-order valence-corrected chi connectivity index (χ3v) is 4.70. The number of aryl methyl sites for hydroxylation is 1. The van der Waals surface area contributed by atoms with Crippen LogP contribution in [0.25, 0.3) is 5.69 Å². The number of rotatable bonds is 4. The van der Waals surface area contributed by atoms with Gasteiger partial charge in [0, 0.05) is 50.3 Å². The number of benzene rings is 1. The second-order valence-corrected chi connectivity index (χ2v) is 6.44. The summed E-state index contributed by atoms with van der Waals surface area (Å²) in [7, 11) is 1.85. The average molecular weight is 354 g/mol. The van der Waals surface area contributed by atoms with Gasteiger partial charge in [0.2, 0.25) is 5.91 Å². The third-order valence-electron chi connectivity index (χ3n) is 4.70. The summed E-state index contributed by atoms with van der Waals surface area (Å²) in [4.78, 5) is 16.6. The molecule has 1 aromatic carbocycles. The number of aromatic nitrogens is 4. The quantitative estimate of drug-likeness (QED) is 0.747. The fraction of sp³-hybridized carbons (Fsp3) is 0.278. The van der Waals surface area contributed by atoms with Crippen molar-refractivity contribution in [2.45, 2.75) is 5.92 Å². The van der Waals surface area contributed by atoms with E-state index in [1.165, 1.54) is 12.4 Å². The van der Waals surface area contributed by atoms with E-state index >= 15 is 0 Å². The first-order chi connectivity index (χ1) is 12.6. The van der Waals surface area contributed by atoms with E-state index < -0.39 is 5.82 Å². The minimum atomic E-state index is -0.422. The zero-order valence-electron chi connectivity index (χ0n) is 14.3. The van der Waals surface area contributed by atoms with Gasteiger partial charge in [0.05, 0.1) is 24.1 Å². The smallest absolute Gasteiger partial charge is 0.229 e. The monoisotopic (exact) mass is 354 g/mol. The van der Waals surface area contributed by atoms with Gasteiger partial charge in [0.1, 0.15) is 5.82 Å². The van der Waals surface area contributed by atoms with E-state index in [9.17, 15) is 9.18 Å². The summed E-state index contributed by atoms with van der Waals surface area (Å²) in [6.45, 7) is 1.30. The molecule has 1 aliphatic heterocycles. The Balaban J connectivity index is 1.50. The van der Waals surface area contributed by atoms with Crippen LogP contribution in [0.5, 0.6) is 0 Å². The van der Waals surface area contributed by atoms with Crippen molar-refractivity contribution in [3.8, 4) is 5.69 Å². The fourth-order valence-electron chi connectivity index (χ4n) is 3.37. The maximum atomic E-state index is 14.4. The fourth-order valence-corrected chi connectivity index (χ4v) is 3.37. The Bertz CT molecular complexity index is 920. The highest BCUT2D eigenvalue weighted by Crippen LogP contribution is 2.29. The van der Waals surface area contributed by atoms with Gasteiger partial charge in [0.15, 0.2) is 0 Å². The zero-order valence-corrected chi connectivity index (χ0v) is 14.3. The van der Waals surface area contributed by atoms with Crippen LogP contribution < -0.4 is 10.6 Å². The molecule has 0 saturated carbocycles. The van der Waals surface area contributed by atoms with E-state index in [4.69, 9.17) is 0 Å². The molecule has 0 unspecified atom stereocenters. The van der Waals surface area contributed by atoms with E-state index in [2.05, 4.69) is 20.7 Å². The van der Waals surface area contributed by atoms with Gasteiger partial charge in [-0.05, 0) is 23.8 Å². The second kappa shape index (κ2) is 6.72. The van der Waals surface area contributed by atoms with Gasteiger partial charge >= 0.3 is 0 Å². The number of imidazole rings is 1. The Labute approximate surface area is 149 Å². The topological polar surface area (TPSA) is 76.8 Å². The molecule has 3 aromatic rings. The molecular weight excluding hydrogens is 335 g/mol. The van der Waals surface area contributed by atoms with Crippen molar-refractivity contribution in [2.75, 3.05) is 18.4 Å². The van der Waals surface area contributed by atoms with Crippen LogP contribution in [-0.4, -0.2) is 38.3 Å². The molecule has 1 aliphatic rings. The lowest BCUT2D eigenvalue weighted by atomic mass is 9.90. The summed E-state index contributed by atoms with van der Waals surface area (Å²) in [6.07, 6.45) is 8.49. The standard InChI is InChI=1S/C18H19FN6O/c1-24-10-12(7-22-24)14-8-21-9-15(14)18(26)23-13-2-3-17(16(19)6-13)25-5-4-20-11-25/h2-7,10-11,14-15,21H,8-9H2,1H3,(H,23,26)/t14-,15+/m1/s1. The lowest BCUT2D eigenvalue weighted by molar-refractivity contribution is -0.119. The van der Waals surface area contributed by atoms with Crippen LogP contribution in [0.15, 0.2) is 49.3 Å². The van der Waals surface area contributed by atoms with Crippen molar-refractivity contribution < 1.29 is 9.18 Å². The summed E-state index contributed by atoms with van der Waals surface area (Å²) in [5, 5.41) is 10.3. The first-order valence-electron chi connectivity index (χ1n) is 8.40. The maximum absolute atomic E-state index is 14.4. The van der Waals surface area contributed by atoms with Crippen molar-refractivity contribution in [3.05, 3.63) is 60.7 Å². The second-order valence-electron chi connectivity index (χ2n) is 6.44. The predicted molar refractivity (Wildman–Crippen MR) is 94.5 cm³/mol. The number of carbonyl (C=O) groups excluding carboxylic acids is 1. The summed E-state index contributed by atoms with van der Waals surface area (Å²) in [6, 6.07) is 4.64. The van der Waals surface area contributed by atoms with Crippen LogP contribution in [0.3, 0.4) is 0 Å². The molecule has 7 nitrogen and oxygen atoms in total. The average Bonchev–Trinajstić information content (AvgIpc) is 3.36. The Morgan fingerprint density at radius 2 is 2.27 bits per heavy atom. The number of halogens is 1. The normalized spacial score (nSPS) is 19.6. The molecule has 26 heavy (non-hydrogen) atoms. The molecule has 1 fully saturated rings. The summed E-state index contributed by atoms with van der Waals surface area (Å²) >= 11 is 0. The zero-order chi connectivity index (χ0) is 18.1. The molecule has 0 bridgehead atoms. The maximum Gasteiger partial charge on any atom is 0.229 e. The van der Waals surface area contributed by atoms with Crippen molar-refractivity contribution in [2.24, 2.45) is 13.0 Å². The number of anilines is 1. The number of carbonyl (C=O) groups is 1. The first kappa shape index (κ1) is 16.5. The Hall–Kier alpha value is -3.00. The van der Waals surface area contributed by atoms with Crippen molar-refractivity contribution >= 4 is 11.6 Å². The number of amides is 1.